The van der Waals surface area contributed by atoms with Gasteiger partial charge in [0.15, 0.2) is 12.4 Å². The number of benzene rings is 3. The van der Waals surface area contributed by atoms with E-state index in [4.69, 9.17) is 15.3 Å². The van der Waals surface area contributed by atoms with Crippen LogP contribution in [0, 0.1) is 34.5 Å². The second-order valence-electron chi connectivity index (χ2n) is 7.23. The summed E-state index contributed by atoms with van der Waals surface area (Å²) >= 11 is 0. The van der Waals surface area contributed by atoms with Crippen LogP contribution in [0.15, 0.2) is 66.7 Å². The van der Waals surface area contributed by atoms with Crippen LogP contribution in [0.2, 0.25) is 0 Å². The van der Waals surface area contributed by atoms with Crippen molar-refractivity contribution in [3.63, 3.8) is 0 Å². The molecule has 0 aliphatic carbocycles. The lowest BCUT2D eigenvalue weighted by atomic mass is 10.1. The lowest BCUT2D eigenvalue weighted by Gasteiger charge is -2.14. The lowest BCUT2D eigenvalue weighted by Crippen LogP contribution is -2.19. The van der Waals surface area contributed by atoms with E-state index in [-0.39, 0.29) is 40.4 Å². The number of rotatable bonds is 7. The van der Waals surface area contributed by atoms with Gasteiger partial charge in [-0.15, -0.1) is 0 Å². The normalized spacial score (nSPS) is 9.50. The Labute approximate surface area is 206 Å². The predicted molar refractivity (Wildman–Crippen MR) is 130 cm³/mol. The minimum Gasteiger partial charge on any atom is -0.477 e. The third-order valence-electron chi connectivity index (χ3n) is 4.68. The number of hydrogen-bond acceptors (Lipinski definition) is 6. The fourth-order valence-electron chi connectivity index (χ4n) is 3.09. The van der Waals surface area contributed by atoms with Gasteiger partial charge in [0.25, 0.3) is 0 Å². The van der Waals surface area contributed by atoms with Crippen LogP contribution < -0.4 is 15.4 Å². The standard InChI is InChI=1S/C27H18N4O5/c28-11-12-36-25-15-23(31-27(34)35)22(14-21(25)10-9-18-5-2-1-3-6-18)30-26(33)16-24(32)20-8-4-7-19(13-20)17-29/h1-8,13-15,31H,12,16H2,(H,30,33)(H,34,35). The van der Waals surface area contributed by atoms with Crippen LogP contribution in [0.3, 0.4) is 0 Å². The van der Waals surface area contributed by atoms with E-state index < -0.39 is 24.2 Å². The molecule has 0 aliphatic rings. The molecule has 3 aromatic rings. The molecule has 3 N–H and O–H groups in total. The van der Waals surface area contributed by atoms with Crippen LogP contribution in [0.4, 0.5) is 16.2 Å². The molecule has 0 atom stereocenters. The molecule has 176 valence electrons. The molecule has 9 heteroatoms. The summed E-state index contributed by atoms with van der Waals surface area (Å²) < 4.78 is 5.41. The summed E-state index contributed by atoms with van der Waals surface area (Å²) in [5, 5.41) is 31.8. The summed E-state index contributed by atoms with van der Waals surface area (Å²) in [7, 11) is 0. The van der Waals surface area contributed by atoms with E-state index in [1.165, 1.54) is 36.4 Å². The summed E-state index contributed by atoms with van der Waals surface area (Å²) in [6, 6.07) is 21.4. The zero-order chi connectivity index (χ0) is 25.9. The number of anilines is 2. The van der Waals surface area contributed by atoms with Gasteiger partial charge in [0.1, 0.15) is 11.8 Å². The molecule has 2 amide bonds. The highest BCUT2D eigenvalue weighted by Gasteiger charge is 2.17. The number of nitrogens with zero attached hydrogens (tertiary/aromatic N) is 2. The van der Waals surface area contributed by atoms with Gasteiger partial charge in [-0.1, -0.05) is 42.2 Å². The summed E-state index contributed by atoms with van der Waals surface area (Å²) in [4.78, 5) is 36.5. The Bertz CT molecular complexity index is 1460. The van der Waals surface area contributed by atoms with Crippen LogP contribution in [0.25, 0.3) is 0 Å². The number of amides is 2. The number of nitriles is 2. The number of Topliss-reactive ketones (excluding diaryl/α,β-unsaturated/α-hetero) is 1. The van der Waals surface area contributed by atoms with E-state index >= 15 is 0 Å². The number of ether oxygens (including phenoxy) is 1. The first-order valence-electron chi connectivity index (χ1n) is 10.5. The molecule has 0 unspecified atom stereocenters. The van der Waals surface area contributed by atoms with Gasteiger partial charge < -0.3 is 15.2 Å². The summed E-state index contributed by atoms with van der Waals surface area (Å²) in [5.41, 5.74) is 1.47. The summed E-state index contributed by atoms with van der Waals surface area (Å²) in [6.07, 6.45) is -1.94. The molecule has 0 bridgehead atoms. The first kappa shape index (κ1) is 25.0. The number of hydrogen-bond donors (Lipinski definition) is 3. The van der Waals surface area contributed by atoms with E-state index in [0.29, 0.717) is 5.56 Å². The predicted octanol–water partition coefficient (Wildman–Crippen LogP) is 4.16. The second kappa shape index (κ2) is 12.0. The molecular formula is C27H18N4O5. The molecule has 0 saturated carbocycles. The third-order valence-corrected chi connectivity index (χ3v) is 4.68. The van der Waals surface area contributed by atoms with E-state index in [0.717, 1.165) is 0 Å². The Balaban J connectivity index is 1.93. The molecule has 0 fully saturated rings. The Morgan fingerprint density at radius 3 is 2.28 bits per heavy atom. The highest BCUT2D eigenvalue weighted by Crippen LogP contribution is 2.31. The van der Waals surface area contributed by atoms with Crippen molar-refractivity contribution in [2.75, 3.05) is 17.2 Å². The van der Waals surface area contributed by atoms with Gasteiger partial charge in [-0.05, 0) is 30.3 Å². The van der Waals surface area contributed by atoms with E-state index in [1.54, 1.807) is 12.1 Å². The third kappa shape index (κ3) is 6.95. The second-order valence-corrected chi connectivity index (χ2v) is 7.23. The Hall–Kier alpha value is -5.59. The molecule has 3 rings (SSSR count). The van der Waals surface area contributed by atoms with Crippen molar-refractivity contribution >= 4 is 29.2 Å². The van der Waals surface area contributed by atoms with Crippen molar-refractivity contribution in [1.82, 2.24) is 0 Å². The average molecular weight is 478 g/mol. The van der Waals surface area contributed by atoms with Gasteiger partial charge in [-0.25, -0.2) is 4.79 Å². The Morgan fingerprint density at radius 2 is 1.58 bits per heavy atom. The molecule has 0 heterocycles. The number of ketones is 1. The fourth-order valence-corrected chi connectivity index (χ4v) is 3.09. The maximum atomic E-state index is 12.7. The van der Waals surface area contributed by atoms with Crippen LogP contribution >= 0.6 is 0 Å². The number of carbonyl (C=O) groups excluding carboxylic acids is 2. The van der Waals surface area contributed by atoms with Gasteiger partial charge >= 0.3 is 6.09 Å². The molecule has 0 saturated heterocycles. The quantitative estimate of drug-likeness (QED) is 0.262. The Kier molecular flexibility index (Phi) is 8.37. The zero-order valence-electron chi connectivity index (χ0n) is 18.7. The highest BCUT2D eigenvalue weighted by molar-refractivity contribution is 6.12. The van der Waals surface area contributed by atoms with Crippen molar-refractivity contribution in [3.05, 3.63) is 89.0 Å². The van der Waals surface area contributed by atoms with Crippen molar-refractivity contribution in [3.8, 4) is 29.7 Å². The molecular weight excluding hydrogens is 460 g/mol. The minimum atomic E-state index is -1.40. The van der Waals surface area contributed by atoms with Crippen LogP contribution in [0.1, 0.15) is 33.5 Å². The molecule has 3 aromatic carbocycles. The maximum Gasteiger partial charge on any atom is 0.409 e. The number of carboxylic acid groups (broad SMARTS) is 1. The highest BCUT2D eigenvalue weighted by atomic mass is 16.5. The van der Waals surface area contributed by atoms with Crippen LogP contribution in [-0.4, -0.2) is 29.5 Å². The number of carbonyl (C=O) groups is 3. The largest absolute Gasteiger partial charge is 0.477 e. The van der Waals surface area contributed by atoms with Gasteiger partial charge in [-0.2, -0.15) is 10.5 Å². The zero-order valence-corrected chi connectivity index (χ0v) is 18.7. The smallest absolute Gasteiger partial charge is 0.409 e. The molecule has 0 radical (unpaired) electrons. The van der Waals surface area contributed by atoms with Gasteiger partial charge in [0, 0.05) is 17.2 Å². The van der Waals surface area contributed by atoms with Crippen molar-refractivity contribution in [2.24, 2.45) is 0 Å². The molecule has 9 nitrogen and oxygen atoms in total. The number of nitrogens with one attached hydrogen (secondary N) is 2. The van der Waals surface area contributed by atoms with Crippen molar-refractivity contribution < 1.29 is 24.2 Å². The molecule has 36 heavy (non-hydrogen) atoms. The van der Waals surface area contributed by atoms with Crippen LogP contribution in [-0.2, 0) is 4.79 Å². The van der Waals surface area contributed by atoms with E-state index in [1.807, 2.05) is 30.3 Å². The maximum absolute atomic E-state index is 12.7. The van der Waals surface area contributed by atoms with E-state index in [9.17, 15) is 19.5 Å². The monoisotopic (exact) mass is 478 g/mol. The first-order valence-corrected chi connectivity index (χ1v) is 10.5. The van der Waals surface area contributed by atoms with Crippen molar-refractivity contribution in [2.45, 2.75) is 6.42 Å². The minimum absolute atomic E-state index is 0.0343. The van der Waals surface area contributed by atoms with Crippen molar-refractivity contribution in [1.29, 1.82) is 10.5 Å². The molecule has 0 aliphatic heterocycles. The fraction of sp³-hybridized carbons (Fsp3) is 0.0741. The average Bonchev–Trinajstić information content (AvgIpc) is 2.87. The van der Waals surface area contributed by atoms with Crippen LogP contribution in [0.5, 0.6) is 5.75 Å². The summed E-state index contributed by atoms with van der Waals surface area (Å²) in [5.74, 6) is 4.75. The molecule has 0 spiro atoms. The Morgan fingerprint density at radius 1 is 0.861 bits per heavy atom. The SMILES string of the molecule is N#CCOc1cc(NC(=O)O)c(NC(=O)CC(=O)c2cccc(C#N)c2)cc1C#Cc1ccccc1. The van der Waals surface area contributed by atoms with Gasteiger partial charge in [0.05, 0.1) is 35.0 Å². The van der Waals surface area contributed by atoms with E-state index in [2.05, 4.69) is 22.5 Å². The summed E-state index contributed by atoms with van der Waals surface area (Å²) in [6.45, 7) is -0.311. The van der Waals surface area contributed by atoms with Gasteiger partial charge in [-0.3, -0.25) is 14.9 Å². The van der Waals surface area contributed by atoms with Gasteiger partial charge in [0.2, 0.25) is 5.91 Å². The lowest BCUT2D eigenvalue weighted by molar-refractivity contribution is -0.115. The first-order chi connectivity index (χ1) is 17.4. The molecule has 0 aromatic heterocycles. The topological polar surface area (TPSA) is 152 Å².